The first-order valence-electron chi connectivity index (χ1n) is 4.69. The average molecular weight is 198 g/mol. The lowest BCUT2D eigenvalue weighted by Gasteiger charge is -2.21. The fraction of sp³-hybridized carbons (Fsp3) is 0.545. The summed E-state index contributed by atoms with van der Waals surface area (Å²) in [6, 6.07) is 0. The van der Waals surface area contributed by atoms with E-state index in [9.17, 15) is 9.90 Å². The van der Waals surface area contributed by atoms with Gasteiger partial charge in [0.1, 0.15) is 0 Å². The second-order valence-electron chi connectivity index (χ2n) is 3.62. The molecule has 3 nitrogen and oxygen atoms in total. The van der Waals surface area contributed by atoms with E-state index in [0.29, 0.717) is 6.42 Å². The van der Waals surface area contributed by atoms with Gasteiger partial charge in [-0.25, -0.2) is 4.79 Å². The van der Waals surface area contributed by atoms with Crippen LogP contribution in [0, 0.1) is 11.8 Å². The molecule has 0 aliphatic rings. The normalized spacial score (nSPS) is 15.7. The van der Waals surface area contributed by atoms with Crippen LogP contribution < -0.4 is 0 Å². The van der Waals surface area contributed by atoms with E-state index in [-0.39, 0.29) is 11.8 Å². The molecule has 0 aliphatic heterocycles. The van der Waals surface area contributed by atoms with Crippen LogP contribution in [-0.2, 0) is 4.79 Å². The zero-order valence-electron chi connectivity index (χ0n) is 8.68. The molecular formula is C11H18O3. The SMILES string of the molecule is C=CC[C@H](/C=C/C(=O)O)[C@H](O)C(C)C. The number of aliphatic hydroxyl groups is 1. The number of carbonyl (C=O) groups is 1. The van der Waals surface area contributed by atoms with Gasteiger partial charge >= 0.3 is 5.97 Å². The second-order valence-corrected chi connectivity index (χ2v) is 3.62. The fourth-order valence-corrected chi connectivity index (χ4v) is 1.22. The van der Waals surface area contributed by atoms with Crippen LogP contribution in [0.15, 0.2) is 24.8 Å². The van der Waals surface area contributed by atoms with Crippen LogP contribution in [0.25, 0.3) is 0 Å². The van der Waals surface area contributed by atoms with Crippen molar-refractivity contribution in [1.29, 1.82) is 0 Å². The molecule has 0 aliphatic carbocycles. The van der Waals surface area contributed by atoms with E-state index in [1.165, 1.54) is 6.08 Å². The van der Waals surface area contributed by atoms with Gasteiger partial charge in [0.15, 0.2) is 0 Å². The molecule has 0 fully saturated rings. The number of aliphatic hydroxyl groups excluding tert-OH is 1. The number of rotatable bonds is 6. The first-order valence-corrected chi connectivity index (χ1v) is 4.69. The lowest BCUT2D eigenvalue weighted by Crippen LogP contribution is -2.24. The second kappa shape index (κ2) is 6.38. The molecule has 3 heteroatoms. The maximum Gasteiger partial charge on any atom is 0.327 e. The Morgan fingerprint density at radius 3 is 2.43 bits per heavy atom. The zero-order chi connectivity index (χ0) is 11.1. The fourth-order valence-electron chi connectivity index (χ4n) is 1.22. The molecule has 80 valence electrons. The lowest BCUT2D eigenvalue weighted by molar-refractivity contribution is -0.131. The number of allylic oxidation sites excluding steroid dienone is 1. The summed E-state index contributed by atoms with van der Waals surface area (Å²) in [4.78, 5) is 10.3. The quantitative estimate of drug-likeness (QED) is 0.505. The Kier molecular flexibility index (Phi) is 5.88. The Labute approximate surface area is 84.8 Å². The molecule has 0 bridgehead atoms. The Morgan fingerprint density at radius 1 is 1.50 bits per heavy atom. The third-order valence-electron chi connectivity index (χ3n) is 2.05. The minimum atomic E-state index is -0.991. The van der Waals surface area contributed by atoms with Gasteiger partial charge in [0.2, 0.25) is 0 Å². The molecule has 0 rings (SSSR count). The zero-order valence-corrected chi connectivity index (χ0v) is 8.68. The van der Waals surface area contributed by atoms with Gasteiger partial charge < -0.3 is 10.2 Å². The van der Waals surface area contributed by atoms with Crippen LogP contribution in [-0.4, -0.2) is 22.3 Å². The topological polar surface area (TPSA) is 57.5 Å². The summed E-state index contributed by atoms with van der Waals surface area (Å²) in [6.07, 6.45) is 4.34. The highest BCUT2D eigenvalue weighted by Crippen LogP contribution is 2.18. The van der Waals surface area contributed by atoms with Crippen LogP contribution in [0.5, 0.6) is 0 Å². The number of hydrogen-bond donors (Lipinski definition) is 2. The molecule has 2 atom stereocenters. The van der Waals surface area contributed by atoms with Gasteiger partial charge in [0.05, 0.1) is 6.10 Å². The standard InChI is InChI=1S/C11H18O3/c1-4-5-9(6-7-10(12)13)11(14)8(2)3/h4,6-9,11,14H,1,5H2,2-3H3,(H,12,13)/b7-6+/t9-,11-/m1/s1. The monoisotopic (exact) mass is 198 g/mol. The minimum Gasteiger partial charge on any atom is -0.478 e. The van der Waals surface area contributed by atoms with Crippen LogP contribution in [0.4, 0.5) is 0 Å². The summed E-state index contributed by atoms with van der Waals surface area (Å²) in [5.74, 6) is -1.04. The van der Waals surface area contributed by atoms with Crippen molar-refractivity contribution >= 4 is 5.97 Å². The van der Waals surface area contributed by atoms with Crippen LogP contribution >= 0.6 is 0 Å². The van der Waals surface area contributed by atoms with Crippen LogP contribution in [0.3, 0.4) is 0 Å². The molecule has 0 saturated carbocycles. The van der Waals surface area contributed by atoms with Crippen molar-refractivity contribution in [2.45, 2.75) is 26.4 Å². The van der Waals surface area contributed by atoms with Crippen LogP contribution in [0.1, 0.15) is 20.3 Å². The summed E-state index contributed by atoms with van der Waals surface area (Å²) in [7, 11) is 0. The van der Waals surface area contributed by atoms with E-state index in [0.717, 1.165) is 6.08 Å². The summed E-state index contributed by atoms with van der Waals surface area (Å²) in [5, 5.41) is 18.2. The Balaban J connectivity index is 4.42. The predicted molar refractivity (Wildman–Crippen MR) is 55.9 cm³/mol. The van der Waals surface area contributed by atoms with E-state index >= 15 is 0 Å². The lowest BCUT2D eigenvalue weighted by atomic mass is 9.90. The largest absolute Gasteiger partial charge is 0.478 e. The van der Waals surface area contributed by atoms with Crippen molar-refractivity contribution in [1.82, 2.24) is 0 Å². The first-order chi connectivity index (χ1) is 6.49. The van der Waals surface area contributed by atoms with Gasteiger partial charge in [-0.2, -0.15) is 0 Å². The van der Waals surface area contributed by atoms with Crippen molar-refractivity contribution in [3.63, 3.8) is 0 Å². The molecule has 0 heterocycles. The molecule has 0 radical (unpaired) electrons. The van der Waals surface area contributed by atoms with Crippen molar-refractivity contribution in [3.8, 4) is 0 Å². The highest BCUT2D eigenvalue weighted by atomic mass is 16.4. The first kappa shape index (κ1) is 12.9. The van der Waals surface area contributed by atoms with Gasteiger partial charge in [0.25, 0.3) is 0 Å². The van der Waals surface area contributed by atoms with E-state index in [4.69, 9.17) is 5.11 Å². The molecule has 2 N–H and O–H groups in total. The number of aliphatic carboxylic acids is 1. The molecule has 0 spiro atoms. The Hall–Kier alpha value is -1.09. The van der Waals surface area contributed by atoms with Gasteiger partial charge in [0, 0.05) is 12.0 Å². The minimum absolute atomic E-state index is 0.110. The maximum atomic E-state index is 10.3. The summed E-state index contributed by atoms with van der Waals surface area (Å²) in [5.41, 5.74) is 0. The molecule has 0 unspecified atom stereocenters. The van der Waals surface area contributed by atoms with Gasteiger partial charge in [-0.3, -0.25) is 0 Å². The highest BCUT2D eigenvalue weighted by molar-refractivity contribution is 5.79. The summed E-state index contributed by atoms with van der Waals surface area (Å²) >= 11 is 0. The molecule has 14 heavy (non-hydrogen) atoms. The molecule has 0 aromatic rings. The van der Waals surface area contributed by atoms with Gasteiger partial charge in [-0.15, -0.1) is 6.58 Å². The Bertz CT molecular complexity index is 219. The van der Waals surface area contributed by atoms with E-state index in [1.807, 2.05) is 13.8 Å². The van der Waals surface area contributed by atoms with E-state index in [2.05, 4.69) is 6.58 Å². The van der Waals surface area contributed by atoms with E-state index in [1.54, 1.807) is 6.08 Å². The number of carboxylic acids is 1. The average Bonchev–Trinajstić information content (AvgIpc) is 2.10. The van der Waals surface area contributed by atoms with Gasteiger partial charge in [-0.1, -0.05) is 26.0 Å². The predicted octanol–water partition coefficient (Wildman–Crippen LogP) is 1.84. The smallest absolute Gasteiger partial charge is 0.327 e. The van der Waals surface area contributed by atoms with Crippen molar-refractivity contribution in [3.05, 3.63) is 24.8 Å². The third-order valence-corrected chi connectivity index (χ3v) is 2.05. The van der Waals surface area contributed by atoms with Crippen molar-refractivity contribution in [2.75, 3.05) is 0 Å². The van der Waals surface area contributed by atoms with Crippen molar-refractivity contribution in [2.24, 2.45) is 11.8 Å². The van der Waals surface area contributed by atoms with Crippen molar-refractivity contribution < 1.29 is 15.0 Å². The highest BCUT2D eigenvalue weighted by Gasteiger charge is 2.18. The number of carboxylic acid groups (broad SMARTS) is 1. The summed E-state index contributed by atoms with van der Waals surface area (Å²) < 4.78 is 0. The molecule has 0 aromatic heterocycles. The maximum absolute atomic E-state index is 10.3. The molecule has 0 saturated heterocycles. The Morgan fingerprint density at radius 2 is 2.07 bits per heavy atom. The number of hydrogen-bond acceptors (Lipinski definition) is 2. The van der Waals surface area contributed by atoms with Gasteiger partial charge in [-0.05, 0) is 12.3 Å². The molecule has 0 amide bonds. The summed E-state index contributed by atoms with van der Waals surface area (Å²) in [6.45, 7) is 7.37. The van der Waals surface area contributed by atoms with E-state index < -0.39 is 12.1 Å². The third kappa shape index (κ3) is 4.82. The van der Waals surface area contributed by atoms with Crippen LogP contribution in [0.2, 0.25) is 0 Å². The molecular weight excluding hydrogens is 180 g/mol. The molecule has 0 aromatic carbocycles.